The van der Waals surface area contributed by atoms with Gasteiger partial charge in [0.25, 0.3) is 5.91 Å². The van der Waals surface area contributed by atoms with Gasteiger partial charge in [-0.1, -0.05) is 18.2 Å². The predicted molar refractivity (Wildman–Crippen MR) is 92.3 cm³/mol. The lowest BCUT2D eigenvalue weighted by atomic mass is 10.1. The Bertz CT molecular complexity index is 712. The summed E-state index contributed by atoms with van der Waals surface area (Å²) < 4.78 is 5.76. The monoisotopic (exact) mass is 310 g/mol. The topological polar surface area (TPSA) is 41.6 Å². The number of anilines is 1. The maximum Gasteiger partial charge on any atom is 0.253 e. The molecule has 0 saturated carbocycles. The minimum absolute atomic E-state index is 0.0353. The molecule has 0 saturated heterocycles. The number of carbonyl (C=O) groups excluding carboxylic acids is 1. The highest BCUT2D eigenvalue weighted by molar-refractivity contribution is 5.94. The number of nitrogens with one attached hydrogen (secondary N) is 1. The number of ether oxygens (including phenoxy) is 1. The van der Waals surface area contributed by atoms with Crippen molar-refractivity contribution in [2.75, 3.05) is 32.1 Å². The summed E-state index contributed by atoms with van der Waals surface area (Å²) in [7, 11) is 1.81. The first-order chi connectivity index (χ1) is 11.1. The van der Waals surface area contributed by atoms with Gasteiger partial charge in [0.05, 0.1) is 6.54 Å². The van der Waals surface area contributed by atoms with Gasteiger partial charge in [-0.3, -0.25) is 4.79 Å². The third kappa shape index (κ3) is 3.47. The number of rotatable bonds is 5. The Morgan fingerprint density at radius 2 is 2.09 bits per heavy atom. The summed E-state index contributed by atoms with van der Waals surface area (Å²) >= 11 is 0. The second-order valence-corrected chi connectivity index (χ2v) is 5.89. The van der Waals surface area contributed by atoms with Crippen LogP contribution in [0.2, 0.25) is 0 Å². The van der Waals surface area contributed by atoms with Gasteiger partial charge in [0, 0.05) is 24.8 Å². The normalized spacial score (nSPS) is 12.4. The van der Waals surface area contributed by atoms with Crippen LogP contribution in [0.3, 0.4) is 0 Å². The van der Waals surface area contributed by atoms with E-state index in [0.29, 0.717) is 13.2 Å². The van der Waals surface area contributed by atoms with E-state index in [9.17, 15) is 4.79 Å². The van der Waals surface area contributed by atoms with Crippen LogP contribution in [0.15, 0.2) is 42.5 Å². The van der Waals surface area contributed by atoms with Crippen molar-refractivity contribution in [1.29, 1.82) is 0 Å². The lowest BCUT2D eigenvalue weighted by Gasteiger charge is -2.18. The number of fused-ring (bicyclic) bond motifs is 1. The minimum atomic E-state index is 0.0353. The van der Waals surface area contributed by atoms with Gasteiger partial charge in [-0.15, -0.1) is 0 Å². The van der Waals surface area contributed by atoms with E-state index in [4.69, 9.17) is 4.74 Å². The summed E-state index contributed by atoms with van der Waals surface area (Å²) in [6, 6.07) is 13.8. The van der Waals surface area contributed by atoms with Crippen LogP contribution in [0.5, 0.6) is 5.75 Å². The van der Waals surface area contributed by atoms with Crippen LogP contribution in [0.25, 0.3) is 0 Å². The second-order valence-electron chi connectivity index (χ2n) is 5.89. The number of hydrogen-bond donors (Lipinski definition) is 1. The smallest absolute Gasteiger partial charge is 0.253 e. The van der Waals surface area contributed by atoms with Crippen molar-refractivity contribution in [3.05, 3.63) is 59.2 Å². The van der Waals surface area contributed by atoms with Crippen molar-refractivity contribution in [3.63, 3.8) is 0 Å². The fourth-order valence-corrected chi connectivity index (χ4v) is 2.77. The summed E-state index contributed by atoms with van der Waals surface area (Å²) in [6.07, 6.45) is 0.983. The molecule has 23 heavy (non-hydrogen) atoms. The van der Waals surface area contributed by atoms with E-state index in [1.165, 1.54) is 5.56 Å². The lowest BCUT2D eigenvalue weighted by molar-refractivity contribution is 0.0773. The molecule has 2 aromatic carbocycles. The zero-order valence-corrected chi connectivity index (χ0v) is 13.6. The molecular weight excluding hydrogens is 288 g/mol. The molecule has 1 amide bonds. The van der Waals surface area contributed by atoms with E-state index in [0.717, 1.165) is 35.5 Å². The lowest BCUT2D eigenvalue weighted by Crippen LogP contribution is -2.31. The molecule has 0 radical (unpaired) electrons. The van der Waals surface area contributed by atoms with Gasteiger partial charge in [0.15, 0.2) is 0 Å². The molecule has 4 nitrogen and oxygen atoms in total. The van der Waals surface area contributed by atoms with Crippen LogP contribution in [-0.2, 0) is 6.42 Å². The summed E-state index contributed by atoms with van der Waals surface area (Å²) in [6.45, 7) is 4.01. The van der Waals surface area contributed by atoms with Crippen LogP contribution in [-0.4, -0.2) is 37.6 Å². The van der Waals surface area contributed by atoms with Crippen molar-refractivity contribution in [1.82, 2.24) is 4.90 Å². The minimum Gasteiger partial charge on any atom is -0.491 e. The number of nitrogens with zero attached hydrogens (tertiary/aromatic N) is 1. The van der Waals surface area contributed by atoms with Gasteiger partial charge < -0.3 is 15.0 Å². The van der Waals surface area contributed by atoms with E-state index in [1.807, 2.05) is 56.4 Å². The quantitative estimate of drug-likeness (QED) is 0.922. The average Bonchev–Trinajstić information content (AvgIpc) is 3.03. The third-order valence-electron chi connectivity index (χ3n) is 4.19. The first-order valence-electron chi connectivity index (χ1n) is 7.96. The zero-order chi connectivity index (χ0) is 16.2. The summed E-state index contributed by atoms with van der Waals surface area (Å²) in [5, 5.41) is 3.31. The molecule has 4 heteroatoms. The SMILES string of the molecule is Cc1ccccc1OCCN(C)C(=O)c1ccc2c(c1)CCN2. The van der Waals surface area contributed by atoms with Gasteiger partial charge in [0.1, 0.15) is 12.4 Å². The molecular formula is C19H22N2O2. The largest absolute Gasteiger partial charge is 0.491 e. The third-order valence-corrected chi connectivity index (χ3v) is 4.19. The Labute approximate surface area is 137 Å². The second kappa shape index (κ2) is 6.73. The number of hydrogen-bond acceptors (Lipinski definition) is 3. The maximum atomic E-state index is 12.5. The molecule has 1 aliphatic rings. The van der Waals surface area contributed by atoms with E-state index in [2.05, 4.69) is 5.32 Å². The molecule has 120 valence electrons. The molecule has 0 spiro atoms. The van der Waals surface area contributed by atoms with E-state index < -0.39 is 0 Å². The maximum absolute atomic E-state index is 12.5. The number of benzene rings is 2. The Balaban J connectivity index is 1.56. The summed E-state index contributed by atoms with van der Waals surface area (Å²) in [4.78, 5) is 14.2. The van der Waals surface area contributed by atoms with Gasteiger partial charge in [-0.2, -0.15) is 0 Å². The molecule has 0 bridgehead atoms. The van der Waals surface area contributed by atoms with Crippen LogP contribution in [0.4, 0.5) is 5.69 Å². The molecule has 1 N–H and O–H groups in total. The first-order valence-corrected chi connectivity index (χ1v) is 7.96. The highest BCUT2D eigenvalue weighted by Crippen LogP contribution is 2.23. The Morgan fingerprint density at radius 1 is 1.26 bits per heavy atom. The van der Waals surface area contributed by atoms with E-state index in [-0.39, 0.29) is 5.91 Å². The van der Waals surface area contributed by atoms with Gasteiger partial charge in [0.2, 0.25) is 0 Å². The molecule has 3 rings (SSSR count). The molecule has 0 fully saturated rings. The summed E-state index contributed by atoms with van der Waals surface area (Å²) in [5.74, 6) is 0.907. The van der Waals surface area contributed by atoms with Crippen LogP contribution < -0.4 is 10.1 Å². The number of carbonyl (C=O) groups is 1. The molecule has 0 aromatic heterocycles. The van der Waals surface area contributed by atoms with E-state index in [1.54, 1.807) is 4.90 Å². The number of amides is 1. The molecule has 2 aromatic rings. The van der Waals surface area contributed by atoms with Crippen LogP contribution >= 0.6 is 0 Å². The van der Waals surface area contributed by atoms with Crippen molar-refractivity contribution in [3.8, 4) is 5.75 Å². The van der Waals surface area contributed by atoms with Gasteiger partial charge in [-0.05, 0) is 48.7 Å². The van der Waals surface area contributed by atoms with Gasteiger partial charge >= 0.3 is 0 Å². The fraction of sp³-hybridized carbons (Fsp3) is 0.316. The molecule has 0 atom stereocenters. The Morgan fingerprint density at radius 3 is 2.91 bits per heavy atom. The first kappa shape index (κ1) is 15.4. The number of para-hydroxylation sites is 1. The number of likely N-dealkylation sites (N-methyl/N-ethyl adjacent to an activating group) is 1. The zero-order valence-electron chi connectivity index (χ0n) is 13.6. The highest BCUT2D eigenvalue weighted by Gasteiger charge is 2.16. The molecule has 1 heterocycles. The van der Waals surface area contributed by atoms with Crippen molar-refractivity contribution in [2.45, 2.75) is 13.3 Å². The highest BCUT2D eigenvalue weighted by atomic mass is 16.5. The van der Waals surface area contributed by atoms with Crippen molar-refractivity contribution in [2.24, 2.45) is 0 Å². The summed E-state index contributed by atoms with van der Waals surface area (Å²) in [5.41, 5.74) is 4.21. The predicted octanol–water partition coefficient (Wildman–Crippen LogP) is 3.11. The Hall–Kier alpha value is -2.49. The molecule has 0 unspecified atom stereocenters. The van der Waals surface area contributed by atoms with Crippen molar-refractivity contribution >= 4 is 11.6 Å². The Kier molecular flexibility index (Phi) is 4.51. The average molecular weight is 310 g/mol. The fourth-order valence-electron chi connectivity index (χ4n) is 2.77. The molecule has 0 aliphatic carbocycles. The number of aryl methyl sites for hydroxylation is 1. The van der Waals surface area contributed by atoms with Crippen LogP contribution in [0.1, 0.15) is 21.5 Å². The van der Waals surface area contributed by atoms with Gasteiger partial charge in [-0.25, -0.2) is 0 Å². The standard InChI is InChI=1S/C19H22N2O2/c1-14-5-3-4-6-18(14)23-12-11-21(2)19(22)16-7-8-17-15(13-16)9-10-20-17/h3-8,13,20H,9-12H2,1-2H3. The molecule has 1 aliphatic heterocycles. The van der Waals surface area contributed by atoms with Crippen molar-refractivity contribution < 1.29 is 9.53 Å². The van der Waals surface area contributed by atoms with Crippen LogP contribution in [0, 0.1) is 6.92 Å². The van der Waals surface area contributed by atoms with E-state index >= 15 is 0 Å².